The van der Waals surface area contributed by atoms with Crippen LogP contribution in [0.25, 0.3) is 16.7 Å². The summed E-state index contributed by atoms with van der Waals surface area (Å²) in [6.07, 6.45) is 3.59. The molecule has 3 aromatic heterocycles. The summed E-state index contributed by atoms with van der Waals surface area (Å²) in [6, 6.07) is 7.30. The maximum atomic E-state index is 12.9. The number of hydrogen-bond donors (Lipinski definition) is 1. The molecule has 4 aromatic rings. The molecule has 9 nitrogen and oxygen atoms in total. The number of thiazole rings is 1. The summed E-state index contributed by atoms with van der Waals surface area (Å²) in [5.74, 6) is -0.165. The van der Waals surface area contributed by atoms with E-state index in [-0.39, 0.29) is 24.5 Å². The summed E-state index contributed by atoms with van der Waals surface area (Å²) in [5, 5.41) is 8.73. The fourth-order valence-electron chi connectivity index (χ4n) is 2.89. The van der Waals surface area contributed by atoms with Crippen LogP contribution in [0.1, 0.15) is 18.7 Å². The number of carbonyl (C=O) groups is 1. The standard InChI is InChI=1S/C21H21ClN6O3S/c1-12(2)30-10-17(19(29)27-21-23-8-13(3)32-21)31-20-14-9-26-28(18(14)24-11-25-20)16-7-5-4-6-15(16)22/h4-9,11-12,17H,10H2,1-3H3,(H,23,27,29)/t17-/m0/s1. The Morgan fingerprint density at radius 3 is 2.75 bits per heavy atom. The third-order valence-corrected chi connectivity index (χ3v) is 5.54. The highest BCUT2D eigenvalue weighted by molar-refractivity contribution is 7.15. The Morgan fingerprint density at radius 1 is 1.22 bits per heavy atom. The van der Waals surface area contributed by atoms with Gasteiger partial charge in [-0.2, -0.15) is 5.10 Å². The first-order valence-electron chi connectivity index (χ1n) is 9.87. The van der Waals surface area contributed by atoms with Gasteiger partial charge in [-0.05, 0) is 32.9 Å². The van der Waals surface area contributed by atoms with E-state index in [1.54, 1.807) is 23.1 Å². The second-order valence-electron chi connectivity index (χ2n) is 7.18. The molecule has 0 aliphatic carbocycles. The molecule has 0 spiro atoms. The third kappa shape index (κ3) is 4.87. The van der Waals surface area contributed by atoms with Crippen molar-refractivity contribution in [3.63, 3.8) is 0 Å². The number of para-hydroxylation sites is 1. The number of ether oxygens (including phenoxy) is 2. The van der Waals surface area contributed by atoms with Gasteiger partial charge in [-0.25, -0.2) is 19.6 Å². The number of nitrogens with zero attached hydrogens (tertiary/aromatic N) is 5. The summed E-state index contributed by atoms with van der Waals surface area (Å²) in [6.45, 7) is 5.72. The van der Waals surface area contributed by atoms with Crippen molar-refractivity contribution < 1.29 is 14.3 Å². The number of aryl methyl sites for hydroxylation is 1. The number of rotatable bonds is 8. The van der Waals surface area contributed by atoms with E-state index in [9.17, 15) is 4.79 Å². The molecule has 1 atom stereocenters. The van der Waals surface area contributed by atoms with Crippen LogP contribution >= 0.6 is 22.9 Å². The lowest BCUT2D eigenvalue weighted by atomic mass is 10.3. The quantitative estimate of drug-likeness (QED) is 0.412. The summed E-state index contributed by atoms with van der Waals surface area (Å²) < 4.78 is 13.3. The minimum absolute atomic E-state index is 0.0397. The minimum Gasteiger partial charge on any atom is -0.461 e. The highest BCUT2D eigenvalue weighted by Crippen LogP contribution is 2.27. The Hall–Kier alpha value is -3.08. The van der Waals surface area contributed by atoms with E-state index >= 15 is 0 Å². The molecular weight excluding hydrogens is 452 g/mol. The SMILES string of the molecule is Cc1cnc(NC(=O)[C@H](COC(C)C)Oc2ncnc3c2cnn3-c2ccccc2Cl)s1. The molecular formula is C21H21ClN6O3S. The predicted molar refractivity (Wildman–Crippen MR) is 123 cm³/mol. The highest BCUT2D eigenvalue weighted by Gasteiger charge is 2.25. The smallest absolute Gasteiger partial charge is 0.269 e. The maximum absolute atomic E-state index is 12.9. The molecule has 1 amide bonds. The van der Waals surface area contributed by atoms with E-state index in [2.05, 4.69) is 25.4 Å². The zero-order valence-corrected chi connectivity index (χ0v) is 19.2. The molecule has 0 fully saturated rings. The van der Waals surface area contributed by atoms with Crippen molar-refractivity contribution in [2.24, 2.45) is 0 Å². The lowest BCUT2D eigenvalue weighted by Crippen LogP contribution is -2.38. The molecule has 4 rings (SSSR count). The lowest BCUT2D eigenvalue weighted by Gasteiger charge is -2.19. The fourth-order valence-corrected chi connectivity index (χ4v) is 3.78. The second kappa shape index (κ2) is 9.60. The molecule has 0 radical (unpaired) electrons. The van der Waals surface area contributed by atoms with Crippen LogP contribution in [0.3, 0.4) is 0 Å². The van der Waals surface area contributed by atoms with Crippen molar-refractivity contribution in [2.75, 3.05) is 11.9 Å². The molecule has 0 unspecified atom stereocenters. The lowest BCUT2D eigenvalue weighted by molar-refractivity contribution is -0.126. The third-order valence-electron chi connectivity index (χ3n) is 4.39. The predicted octanol–water partition coefficient (Wildman–Crippen LogP) is 4.04. The highest BCUT2D eigenvalue weighted by atomic mass is 35.5. The Morgan fingerprint density at radius 2 is 2.03 bits per heavy atom. The van der Waals surface area contributed by atoms with Crippen LogP contribution in [0.5, 0.6) is 5.88 Å². The van der Waals surface area contributed by atoms with Crippen LogP contribution in [-0.4, -0.2) is 49.5 Å². The van der Waals surface area contributed by atoms with Gasteiger partial charge < -0.3 is 9.47 Å². The summed E-state index contributed by atoms with van der Waals surface area (Å²) in [5.41, 5.74) is 1.17. The normalized spacial score (nSPS) is 12.3. The number of halogens is 1. The summed E-state index contributed by atoms with van der Waals surface area (Å²) >= 11 is 7.70. The van der Waals surface area contributed by atoms with Crippen molar-refractivity contribution >= 4 is 45.0 Å². The Kier molecular flexibility index (Phi) is 6.63. The largest absolute Gasteiger partial charge is 0.461 e. The zero-order valence-electron chi connectivity index (χ0n) is 17.7. The van der Waals surface area contributed by atoms with Gasteiger partial charge in [0, 0.05) is 11.1 Å². The van der Waals surface area contributed by atoms with Crippen molar-refractivity contribution in [1.29, 1.82) is 0 Å². The van der Waals surface area contributed by atoms with Crippen LogP contribution in [-0.2, 0) is 9.53 Å². The van der Waals surface area contributed by atoms with Crippen LogP contribution in [0.15, 0.2) is 43.0 Å². The van der Waals surface area contributed by atoms with Crippen molar-refractivity contribution in [3.05, 3.63) is 52.9 Å². The van der Waals surface area contributed by atoms with Gasteiger partial charge in [0.15, 0.2) is 10.8 Å². The molecule has 32 heavy (non-hydrogen) atoms. The Bertz CT molecular complexity index is 1240. The average Bonchev–Trinajstić information content (AvgIpc) is 3.37. The van der Waals surface area contributed by atoms with Crippen LogP contribution in [0.2, 0.25) is 5.02 Å². The second-order valence-corrected chi connectivity index (χ2v) is 8.82. The number of nitrogens with one attached hydrogen (secondary N) is 1. The molecule has 0 aliphatic rings. The van der Waals surface area contributed by atoms with Gasteiger partial charge in [0.05, 0.1) is 29.6 Å². The van der Waals surface area contributed by atoms with Gasteiger partial charge in [-0.15, -0.1) is 11.3 Å². The molecule has 3 heterocycles. The molecule has 166 valence electrons. The number of carbonyl (C=O) groups excluding carboxylic acids is 1. The Balaban J connectivity index is 1.63. The van der Waals surface area contributed by atoms with Crippen molar-refractivity contribution in [3.8, 4) is 11.6 Å². The van der Waals surface area contributed by atoms with Gasteiger partial charge in [0.25, 0.3) is 5.91 Å². The molecule has 0 bridgehead atoms. The molecule has 0 saturated heterocycles. The number of anilines is 1. The van der Waals surface area contributed by atoms with E-state index in [1.165, 1.54) is 17.7 Å². The number of aromatic nitrogens is 5. The fraction of sp³-hybridized carbons (Fsp3) is 0.286. The monoisotopic (exact) mass is 472 g/mol. The summed E-state index contributed by atoms with van der Waals surface area (Å²) in [4.78, 5) is 26.6. The Labute approximate surface area is 193 Å². The number of hydrogen-bond acceptors (Lipinski definition) is 8. The maximum Gasteiger partial charge on any atom is 0.269 e. The van der Waals surface area contributed by atoms with E-state index in [1.807, 2.05) is 39.0 Å². The number of fused-ring (bicyclic) bond motifs is 1. The molecule has 1 aromatic carbocycles. The van der Waals surface area contributed by atoms with Crippen LogP contribution in [0.4, 0.5) is 5.13 Å². The first-order chi connectivity index (χ1) is 15.4. The van der Waals surface area contributed by atoms with E-state index in [4.69, 9.17) is 21.1 Å². The molecule has 0 aliphatic heterocycles. The van der Waals surface area contributed by atoms with E-state index < -0.39 is 6.10 Å². The minimum atomic E-state index is -0.955. The number of amides is 1. The van der Waals surface area contributed by atoms with E-state index in [0.717, 1.165) is 4.88 Å². The topological polar surface area (TPSA) is 104 Å². The first kappa shape index (κ1) is 22.1. The van der Waals surface area contributed by atoms with Gasteiger partial charge in [-0.1, -0.05) is 23.7 Å². The zero-order chi connectivity index (χ0) is 22.7. The van der Waals surface area contributed by atoms with Crippen molar-refractivity contribution in [2.45, 2.75) is 33.0 Å². The van der Waals surface area contributed by atoms with Gasteiger partial charge in [0.2, 0.25) is 12.0 Å². The molecule has 0 saturated carbocycles. The van der Waals surface area contributed by atoms with Gasteiger partial charge >= 0.3 is 0 Å². The number of benzene rings is 1. The average molecular weight is 473 g/mol. The summed E-state index contributed by atoms with van der Waals surface area (Å²) in [7, 11) is 0. The molecule has 1 N–H and O–H groups in total. The van der Waals surface area contributed by atoms with Crippen LogP contribution < -0.4 is 10.1 Å². The first-order valence-corrected chi connectivity index (χ1v) is 11.1. The van der Waals surface area contributed by atoms with Gasteiger partial charge in [0.1, 0.15) is 11.7 Å². The van der Waals surface area contributed by atoms with Gasteiger partial charge in [-0.3, -0.25) is 10.1 Å². The van der Waals surface area contributed by atoms with Crippen LogP contribution in [0, 0.1) is 6.92 Å². The van der Waals surface area contributed by atoms with E-state index in [0.29, 0.717) is 26.9 Å². The van der Waals surface area contributed by atoms with Crippen molar-refractivity contribution in [1.82, 2.24) is 24.7 Å². The molecule has 11 heteroatoms.